The van der Waals surface area contributed by atoms with Crippen molar-refractivity contribution in [2.75, 3.05) is 13.7 Å². The number of hydrogen-bond acceptors (Lipinski definition) is 5. The minimum Gasteiger partial charge on any atom is -0.469 e. The zero-order valence-electron chi connectivity index (χ0n) is 16.7. The third kappa shape index (κ3) is 6.61. The highest BCUT2D eigenvalue weighted by Gasteiger charge is 2.17. The van der Waals surface area contributed by atoms with Crippen molar-refractivity contribution in [3.8, 4) is 0 Å². The SMILES string of the molecule is COC(=O)CCCn1c(C)cc(C(=O)COC(=O)/C=C/c2ccc(Cl)cc2)c1C. The summed E-state index contributed by atoms with van der Waals surface area (Å²) in [6, 6.07) is 8.75. The van der Waals surface area contributed by atoms with Gasteiger partial charge < -0.3 is 14.0 Å². The van der Waals surface area contributed by atoms with Crippen LogP contribution >= 0.6 is 11.6 Å². The van der Waals surface area contributed by atoms with Crippen molar-refractivity contribution in [1.82, 2.24) is 4.57 Å². The van der Waals surface area contributed by atoms with Crippen molar-refractivity contribution in [3.63, 3.8) is 0 Å². The Morgan fingerprint density at radius 2 is 1.83 bits per heavy atom. The fourth-order valence-corrected chi connectivity index (χ4v) is 3.04. The number of ether oxygens (including phenoxy) is 2. The van der Waals surface area contributed by atoms with E-state index in [1.54, 1.807) is 36.4 Å². The molecule has 0 aliphatic carbocycles. The van der Waals surface area contributed by atoms with Crippen LogP contribution in [0.15, 0.2) is 36.4 Å². The third-order valence-corrected chi connectivity index (χ3v) is 4.74. The molecule has 0 bridgehead atoms. The van der Waals surface area contributed by atoms with Crippen molar-refractivity contribution < 1.29 is 23.9 Å². The number of nitrogens with zero attached hydrogens (tertiary/aromatic N) is 1. The van der Waals surface area contributed by atoms with Crippen LogP contribution in [-0.2, 0) is 25.6 Å². The molecule has 1 aromatic carbocycles. The van der Waals surface area contributed by atoms with Crippen LogP contribution in [0.1, 0.15) is 40.2 Å². The third-order valence-electron chi connectivity index (χ3n) is 4.49. The zero-order valence-corrected chi connectivity index (χ0v) is 17.5. The molecule has 2 aromatic rings. The number of methoxy groups -OCH3 is 1. The lowest BCUT2D eigenvalue weighted by Crippen LogP contribution is -2.14. The van der Waals surface area contributed by atoms with Crippen molar-refractivity contribution in [2.24, 2.45) is 0 Å². The largest absolute Gasteiger partial charge is 0.469 e. The van der Waals surface area contributed by atoms with Crippen LogP contribution < -0.4 is 0 Å². The highest BCUT2D eigenvalue weighted by atomic mass is 35.5. The Bertz CT molecular complexity index is 912. The van der Waals surface area contributed by atoms with E-state index in [-0.39, 0.29) is 18.4 Å². The number of esters is 2. The van der Waals surface area contributed by atoms with Crippen LogP contribution in [0.5, 0.6) is 0 Å². The van der Waals surface area contributed by atoms with E-state index >= 15 is 0 Å². The number of benzene rings is 1. The lowest BCUT2D eigenvalue weighted by atomic mass is 10.1. The average molecular weight is 418 g/mol. The summed E-state index contributed by atoms with van der Waals surface area (Å²) in [6.07, 6.45) is 3.79. The minimum atomic E-state index is -0.597. The first kappa shape index (κ1) is 22.4. The summed E-state index contributed by atoms with van der Waals surface area (Å²) in [7, 11) is 1.36. The molecule has 6 nitrogen and oxygen atoms in total. The molecular formula is C22H24ClNO5. The molecule has 1 heterocycles. The van der Waals surface area contributed by atoms with Gasteiger partial charge in [0.25, 0.3) is 0 Å². The lowest BCUT2D eigenvalue weighted by Gasteiger charge is -2.09. The molecule has 0 aliphatic rings. The number of aryl methyl sites for hydroxylation is 1. The molecule has 2 rings (SSSR count). The first-order chi connectivity index (χ1) is 13.8. The first-order valence-corrected chi connectivity index (χ1v) is 9.56. The quantitative estimate of drug-likeness (QED) is 0.348. The van der Waals surface area contributed by atoms with E-state index in [9.17, 15) is 14.4 Å². The predicted octanol–water partition coefficient (Wildman–Crippen LogP) is 4.15. The van der Waals surface area contributed by atoms with Crippen molar-refractivity contribution in [3.05, 3.63) is 63.9 Å². The maximum Gasteiger partial charge on any atom is 0.331 e. The van der Waals surface area contributed by atoms with Gasteiger partial charge in [-0.3, -0.25) is 9.59 Å². The Labute approximate surface area is 175 Å². The lowest BCUT2D eigenvalue weighted by molar-refractivity contribution is -0.140. The van der Waals surface area contributed by atoms with Gasteiger partial charge in [0.2, 0.25) is 5.78 Å². The predicted molar refractivity (Wildman–Crippen MR) is 111 cm³/mol. The molecule has 1 aromatic heterocycles. The summed E-state index contributed by atoms with van der Waals surface area (Å²) in [6.45, 7) is 3.99. The van der Waals surface area contributed by atoms with E-state index in [1.165, 1.54) is 13.2 Å². The number of rotatable bonds is 9. The molecule has 0 N–H and O–H groups in total. The number of halogens is 1. The molecular weight excluding hydrogens is 394 g/mol. The molecule has 0 amide bonds. The molecule has 0 saturated carbocycles. The van der Waals surface area contributed by atoms with Gasteiger partial charge in [0.15, 0.2) is 6.61 Å². The van der Waals surface area contributed by atoms with E-state index < -0.39 is 5.97 Å². The molecule has 0 atom stereocenters. The van der Waals surface area contributed by atoms with Gasteiger partial charge >= 0.3 is 11.9 Å². The van der Waals surface area contributed by atoms with E-state index in [2.05, 4.69) is 4.74 Å². The zero-order chi connectivity index (χ0) is 21.4. The smallest absolute Gasteiger partial charge is 0.331 e. The van der Waals surface area contributed by atoms with Crippen molar-refractivity contribution in [2.45, 2.75) is 33.2 Å². The number of aromatic nitrogens is 1. The van der Waals surface area contributed by atoms with Crippen LogP contribution in [0, 0.1) is 13.8 Å². The van der Waals surface area contributed by atoms with Gasteiger partial charge in [0.1, 0.15) is 0 Å². The fraction of sp³-hybridized carbons (Fsp3) is 0.318. The monoisotopic (exact) mass is 417 g/mol. The van der Waals surface area contributed by atoms with Crippen molar-refractivity contribution >= 4 is 35.4 Å². The van der Waals surface area contributed by atoms with Gasteiger partial charge in [-0.25, -0.2) is 4.79 Å². The number of Topliss-reactive ketones (excluding diaryl/α,β-unsaturated/α-hetero) is 1. The number of ketones is 1. The minimum absolute atomic E-state index is 0.262. The van der Waals surface area contributed by atoms with Crippen LogP contribution in [0.3, 0.4) is 0 Å². The summed E-state index contributed by atoms with van der Waals surface area (Å²) in [5, 5.41) is 0.609. The summed E-state index contributed by atoms with van der Waals surface area (Å²) in [5.41, 5.74) is 3.00. The normalized spacial score (nSPS) is 10.9. The number of carbonyl (C=O) groups excluding carboxylic acids is 3. The van der Waals surface area contributed by atoms with Crippen molar-refractivity contribution in [1.29, 1.82) is 0 Å². The fourth-order valence-electron chi connectivity index (χ4n) is 2.91. The topological polar surface area (TPSA) is 74.6 Å². The molecule has 0 radical (unpaired) electrons. The Kier molecular flexibility index (Phi) is 8.21. The molecule has 0 aliphatic heterocycles. The molecule has 0 spiro atoms. The van der Waals surface area contributed by atoms with Gasteiger partial charge in [0.05, 0.1) is 7.11 Å². The van der Waals surface area contributed by atoms with Gasteiger partial charge in [0, 0.05) is 41.0 Å². The standard InChI is InChI=1S/C22H24ClNO5/c1-15-13-19(16(2)24(15)12-4-5-21(26)28-3)20(25)14-29-22(27)11-8-17-6-9-18(23)10-7-17/h6-11,13H,4-5,12,14H2,1-3H3/b11-8+. The maximum atomic E-state index is 12.5. The summed E-state index contributed by atoms with van der Waals surface area (Å²) in [4.78, 5) is 35.6. The number of hydrogen-bond donors (Lipinski definition) is 0. The first-order valence-electron chi connectivity index (χ1n) is 9.19. The van der Waals surface area contributed by atoms with Gasteiger partial charge in [-0.2, -0.15) is 0 Å². The molecule has 0 unspecified atom stereocenters. The second-order valence-corrected chi connectivity index (χ2v) is 6.97. The Morgan fingerprint density at radius 1 is 1.14 bits per heavy atom. The highest BCUT2D eigenvalue weighted by molar-refractivity contribution is 6.30. The second kappa shape index (κ2) is 10.6. The maximum absolute atomic E-state index is 12.5. The Hall–Kier alpha value is -2.86. The second-order valence-electron chi connectivity index (χ2n) is 6.53. The molecule has 29 heavy (non-hydrogen) atoms. The molecule has 0 saturated heterocycles. The van der Waals surface area contributed by atoms with Crippen LogP contribution in [0.25, 0.3) is 6.08 Å². The summed E-state index contributed by atoms with van der Waals surface area (Å²) in [5.74, 6) is -1.13. The average Bonchev–Trinajstić information content (AvgIpc) is 2.99. The summed E-state index contributed by atoms with van der Waals surface area (Å²) >= 11 is 5.82. The van der Waals surface area contributed by atoms with Gasteiger partial charge in [-0.05, 0) is 50.1 Å². The van der Waals surface area contributed by atoms with Crippen LogP contribution in [0.4, 0.5) is 0 Å². The van der Waals surface area contributed by atoms with E-state index in [0.717, 1.165) is 17.0 Å². The van der Waals surface area contributed by atoms with Gasteiger partial charge in [-0.15, -0.1) is 0 Å². The molecule has 0 fully saturated rings. The Morgan fingerprint density at radius 3 is 2.48 bits per heavy atom. The van der Waals surface area contributed by atoms with E-state index in [4.69, 9.17) is 16.3 Å². The van der Waals surface area contributed by atoms with Crippen LogP contribution in [-0.4, -0.2) is 36.0 Å². The van der Waals surface area contributed by atoms with E-state index in [0.29, 0.717) is 30.0 Å². The molecule has 154 valence electrons. The van der Waals surface area contributed by atoms with Crippen LogP contribution in [0.2, 0.25) is 5.02 Å². The van der Waals surface area contributed by atoms with E-state index in [1.807, 2.05) is 18.4 Å². The number of carbonyl (C=O) groups is 3. The van der Waals surface area contributed by atoms with Gasteiger partial charge in [-0.1, -0.05) is 23.7 Å². The highest BCUT2D eigenvalue weighted by Crippen LogP contribution is 2.17. The Balaban J connectivity index is 1.91. The summed E-state index contributed by atoms with van der Waals surface area (Å²) < 4.78 is 11.7. The molecule has 7 heteroatoms.